The Hall–Kier alpha value is -1.79. The van der Waals surface area contributed by atoms with Gasteiger partial charge in [-0.25, -0.2) is 4.79 Å². The minimum atomic E-state index is -0.869. The molecule has 3 nitrogen and oxygen atoms in total. The molecule has 1 N–H and O–H groups in total. The monoisotopic (exact) mass is 231 g/mol. The quantitative estimate of drug-likeness (QED) is 0.760. The maximum atomic E-state index is 11.0. The van der Waals surface area contributed by atoms with Gasteiger partial charge in [0.25, 0.3) is 0 Å². The summed E-state index contributed by atoms with van der Waals surface area (Å²) in [5.74, 6) is 1.72. The zero-order valence-corrected chi connectivity index (χ0v) is 10.0. The molecular weight excluding hydrogens is 214 g/mol. The average Bonchev–Trinajstić information content (AvgIpc) is 2.34. The summed E-state index contributed by atoms with van der Waals surface area (Å²) in [7, 11) is 1.99. The predicted molar refractivity (Wildman–Crippen MR) is 68.1 cm³/mol. The Morgan fingerprint density at radius 1 is 1.41 bits per heavy atom. The molecule has 0 atom stereocenters. The molecule has 1 rings (SSSR count). The molecule has 0 heterocycles. The second-order valence-electron chi connectivity index (χ2n) is 3.97. The Morgan fingerprint density at radius 2 is 2.12 bits per heavy atom. The first-order chi connectivity index (χ1) is 8.15. The second kappa shape index (κ2) is 6.72. The number of benzene rings is 1. The largest absolute Gasteiger partial charge is 0.478 e. The number of aromatic carboxylic acids is 1. The van der Waals surface area contributed by atoms with Crippen LogP contribution in [0.25, 0.3) is 0 Å². The molecule has 0 aliphatic carbocycles. The van der Waals surface area contributed by atoms with Crippen LogP contribution in [0.1, 0.15) is 22.3 Å². The van der Waals surface area contributed by atoms with Crippen molar-refractivity contribution in [2.24, 2.45) is 0 Å². The molecule has 0 spiro atoms. The number of hydrogen-bond donors (Lipinski definition) is 1. The number of carboxylic acid groups (broad SMARTS) is 1. The summed E-state index contributed by atoms with van der Waals surface area (Å²) in [4.78, 5) is 13.1. The Bertz CT molecular complexity index is 420. The van der Waals surface area contributed by atoms with E-state index in [0.717, 1.165) is 31.5 Å². The molecule has 17 heavy (non-hydrogen) atoms. The van der Waals surface area contributed by atoms with Crippen molar-refractivity contribution < 1.29 is 9.90 Å². The van der Waals surface area contributed by atoms with Crippen molar-refractivity contribution in [1.29, 1.82) is 0 Å². The molecule has 1 aromatic rings. The summed E-state index contributed by atoms with van der Waals surface area (Å²) in [6.45, 7) is 1.65. The molecule has 0 bridgehead atoms. The smallest absolute Gasteiger partial charge is 0.335 e. The lowest BCUT2D eigenvalue weighted by Gasteiger charge is -2.15. The Labute approximate surface area is 102 Å². The third-order valence-corrected chi connectivity index (χ3v) is 2.65. The maximum absolute atomic E-state index is 11.0. The predicted octanol–water partition coefficient (Wildman–Crippen LogP) is 1.88. The molecule has 0 fully saturated rings. The normalized spacial score (nSPS) is 10.2. The summed E-state index contributed by atoms with van der Waals surface area (Å²) in [5, 5.41) is 9.03. The van der Waals surface area contributed by atoms with Crippen molar-refractivity contribution >= 4 is 5.97 Å². The van der Waals surface area contributed by atoms with Gasteiger partial charge in [-0.1, -0.05) is 18.2 Å². The molecule has 3 heteroatoms. The standard InChI is InChI=1S/C14H17NO2/c1-3-4-10-15(2)11-9-12-7-5-6-8-13(12)14(16)17/h1,5-8H,4,9-11H2,2H3,(H,16,17). The van der Waals surface area contributed by atoms with Gasteiger partial charge >= 0.3 is 5.97 Å². The maximum Gasteiger partial charge on any atom is 0.335 e. The zero-order chi connectivity index (χ0) is 12.7. The molecule has 0 amide bonds. The second-order valence-corrected chi connectivity index (χ2v) is 3.97. The van der Waals surface area contributed by atoms with Crippen molar-refractivity contribution in [3.05, 3.63) is 35.4 Å². The molecule has 1 aromatic carbocycles. The number of nitrogens with zero attached hydrogens (tertiary/aromatic N) is 1. The van der Waals surface area contributed by atoms with Crippen LogP contribution in [0.2, 0.25) is 0 Å². The van der Waals surface area contributed by atoms with Crippen LogP contribution in [0.4, 0.5) is 0 Å². The van der Waals surface area contributed by atoms with E-state index >= 15 is 0 Å². The summed E-state index contributed by atoms with van der Waals surface area (Å²) >= 11 is 0. The van der Waals surface area contributed by atoms with Crippen LogP contribution < -0.4 is 0 Å². The summed E-state index contributed by atoms with van der Waals surface area (Å²) in [5.41, 5.74) is 1.26. The zero-order valence-electron chi connectivity index (χ0n) is 10.0. The molecule has 0 aliphatic heterocycles. The summed E-state index contributed by atoms with van der Waals surface area (Å²) in [6.07, 6.45) is 6.64. The fraction of sp³-hybridized carbons (Fsp3) is 0.357. The highest BCUT2D eigenvalue weighted by Gasteiger charge is 2.09. The SMILES string of the molecule is C#CCCN(C)CCc1ccccc1C(=O)O. The Kier molecular flexibility index (Phi) is 5.25. The van der Waals surface area contributed by atoms with Gasteiger partial charge in [-0.2, -0.15) is 0 Å². The highest BCUT2D eigenvalue weighted by molar-refractivity contribution is 5.89. The van der Waals surface area contributed by atoms with Crippen molar-refractivity contribution in [3.63, 3.8) is 0 Å². The van der Waals surface area contributed by atoms with E-state index < -0.39 is 5.97 Å². The lowest BCUT2D eigenvalue weighted by molar-refractivity contribution is 0.0695. The molecule has 0 aromatic heterocycles. The van der Waals surface area contributed by atoms with E-state index in [4.69, 9.17) is 11.5 Å². The third kappa shape index (κ3) is 4.29. The minimum absolute atomic E-state index is 0.387. The number of rotatable bonds is 6. The van der Waals surface area contributed by atoms with Crippen LogP contribution in [-0.4, -0.2) is 36.1 Å². The average molecular weight is 231 g/mol. The lowest BCUT2D eigenvalue weighted by Crippen LogP contribution is -2.22. The van der Waals surface area contributed by atoms with Crippen LogP contribution in [0.15, 0.2) is 24.3 Å². The topological polar surface area (TPSA) is 40.5 Å². The molecular formula is C14H17NO2. The highest BCUT2D eigenvalue weighted by atomic mass is 16.4. The van der Waals surface area contributed by atoms with E-state index in [2.05, 4.69) is 10.8 Å². The van der Waals surface area contributed by atoms with Crippen molar-refractivity contribution in [2.45, 2.75) is 12.8 Å². The van der Waals surface area contributed by atoms with Crippen molar-refractivity contribution in [2.75, 3.05) is 20.1 Å². The van der Waals surface area contributed by atoms with Crippen LogP contribution in [0.5, 0.6) is 0 Å². The van der Waals surface area contributed by atoms with Gasteiger partial charge in [-0.3, -0.25) is 0 Å². The van der Waals surface area contributed by atoms with Crippen LogP contribution in [-0.2, 0) is 6.42 Å². The number of terminal acetylenes is 1. The number of carboxylic acids is 1. The molecule has 0 saturated heterocycles. The van der Waals surface area contributed by atoms with Gasteiger partial charge in [0.2, 0.25) is 0 Å². The molecule has 0 radical (unpaired) electrons. The van der Waals surface area contributed by atoms with Gasteiger partial charge in [0.15, 0.2) is 0 Å². The Balaban J connectivity index is 2.57. The van der Waals surface area contributed by atoms with E-state index in [1.807, 2.05) is 19.2 Å². The van der Waals surface area contributed by atoms with Crippen molar-refractivity contribution in [3.8, 4) is 12.3 Å². The van der Waals surface area contributed by atoms with E-state index in [9.17, 15) is 4.79 Å². The van der Waals surface area contributed by atoms with Gasteiger partial charge in [0.05, 0.1) is 5.56 Å². The fourth-order valence-electron chi connectivity index (χ4n) is 1.63. The van der Waals surface area contributed by atoms with Crippen LogP contribution in [0.3, 0.4) is 0 Å². The van der Waals surface area contributed by atoms with Gasteiger partial charge in [0.1, 0.15) is 0 Å². The summed E-state index contributed by atoms with van der Waals surface area (Å²) in [6, 6.07) is 7.11. The molecule has 0 aliphatic rings. The van der Waals surface area contributed by atoms with Crippen molar-refractivity contribution in [1.82, 2.24) is 4.90 Å². The highest BCUT2D eigenvalue weighted by Crippen LogP contribution is 2.09. The van der Waals surface area contributed by atoms with E-state index in [1.165, 1.54) is 0 Å². The molecule has 90 valence electrons. The van der Waals surface area contributed by atoms with E-state index in [1.54, 1.807) is 12.1 Å². The number of likely N-dealkylation sites (N-methyl/N-ethyl adjacent to an activating group) is 1. The summed E-state index contributed by atoms with van der Waals surface area (Å²) < 4.78 is 0. The van der Waals surface area contributed by atoms with Gasteiger partial charge in [0, 0.05) is 19.5 Å². The van der Waals surface area contributed by atoms with E-state index in [-0.39, 0.29) is 0 Å². The first kappa shape index (κ1) is 13.3. The van der Waals surface area contributed by atoms with Gasteiger partial charge in [-0.05, 0) is 25.1 Å². The molecule has 0 unspecified atom stereocenters. The van der Waals surface area contributed by atoms with Crippen LogP contribution >= 0.6 is 0 Å². The number of carbonyl (C=O) groups is 1. The van der Waals surface area contributed by atoms with Crippen LogP contribution in [0, 0.1) is 12.3 Å². The minimum Gasteiger partial charge on any atom is -0.478 e. The lowest BCUT2D eigenvalue weighted by atomic mass is 10.0. The third-order valence-electron chi connectivity index (χ3n) is 2.65. The fourth-order valence-corrected chi connectivity index (χ4v) is 1.63. The molecule has 0 saturated carbocycles. The number of hydrogen-bond acceptors (Lipinski definition) is 2. The van der Waals surface area contributed by atoms with Gasteiger partial charge in [-0.15, -0.1) is 12.3 Å². The first-order valence-corrected chi connectivity index (χ1v) is 5.58. The Morgan fingerprint density at radius 3 is 2.76 bits per heavy atom. The van der Waals surface area contributed by atoms with E-state index in [0.29, 0.717) is 5.56 Å². The van der Waals surface area contributed by atoms with Gasteiger partial charge < -0.3 is 10.0 Å². The first-order valence-electron chi connectivity index (χ1n) is 5.58.